The first-order chi connectivity index (χ1) is 12.9. The number of rotatable bonds is 8. The molecule has 5 nitrogen and oxygen atoms in total. The average Bonchev–Trinajstić information content (AvgIpc) is 3.23. The van der Waals surface area contributed by atoms with Gasteiger partial charge in [0.05, 0.1) is 12.0 Å². The van der Waals surface area contributed by atoms with Crippen molar-refractivity contribution in [1.29, 1.82) is 0 Å². The van der Waals surface area contributed by atoms with E-state index < -0.39 is 10.0 Å². The van der Waals surface area contributed by atoms with Crippen LogP contribution in [0, 0.1) is 17.8 Å². The van der Waals surface area contributed by atoms with Crippen molar-refractivity contribution in [1.82, 2.24) is 4.72 Å². The monoisotopic (exact) mass is 455 g/mol. The zero-order valence-corrected chi connectivity index (χ0v) is 17.8. The minimum Gasteiger partial charge on any atom is -0.469 e. The number of methoxy groups -OCH3 is 1. The molecular formula is C20H26BrNO4S. The maximum Gasteiger partial charge on any atom is 0.305 e. The Hall–Kier alpha value is -1.18. The van der Waals surface area contributed by atoms with Crippen LogP contribution < -0.4 is 4.72 Å². The molecule has 0 amide bonds. The molecule has 0 saturated heterocycles. The molecule has 2 fully saturated rings. The number of ether oxygens (including phenoxy) is 1. The predicted octanol–water partition coefficient (Wildman–Crippen LogP) is 4.04. The Bertz CT molecular complexity index is 791. The van der Waals surface area contributed by atoms with Gasteiger partial charge in [0, 0.05) is 16.9 Å². The first-order valence-electron chi connectivity index (χ1n) is 9.42. The number of halogens is 1. The molecule has 1 aromatic rings. The first kappa shape index (κ1) is 20.6. The van der Waals surface area contributed by atoms with Gasteiger partial charge in [-0.25, -0.2) is 13.1 Å². The second kappa shape index (κ2) is 8.88. The fourth-order valence-corrected chi connectivity index (χ4v) is 5.97. The quantitative estimate of drug-likeness (QED) is 0.364. The number of fused-ring (bicyclic) bond motifs is 2. The molecule has 2 aliphatic carbocycles. The van der Waals surface area contributed by atoms with Crippen molar-refractivity contribution in [2.45, 2.75) is 49.5 Å². The summed E-state index contributed by atoms with van der Waals surface area (Å²) in [4.78, 5) is 11.5. The molecular weight excluding hydrogens is 430 g/mol. The largest absolute Gasteiger partial charge is 0.469 e. The SMILES string of the molecule is COC(=O)CCCC=C[C@H]1[C@@H]2CC[C@@H](C2)[C@@H]1NS(=O)(=O)c1ccc(Br)cc1. The summed E-state index contributed by atoms with van der Waals surface area (Å²) in [6.07, 6.45) is 9.56. The van der Waals surface area contributed by atoms with Gasteiger partial charge in [-0.15, -0.1) is 0 Å². The van der Waals surface area contributed by atoms with Crippen LogP contribution in [0.3, 0.4) is 0 Å². The van der Waals surface area contributed by atoms with Crippen LogP contribution in [0.1, 0.15) is 38.5 Å². The van der Waals surface area contributed by atoms with E-state index in [1.807, 2.05) is 0 Å². The summed E-state index contributed by atoms with van der Waals surface area (Å²) in [5.74, 6) is 0.991. The van der Waals surface area contributed by atoms with Crippen LogP contribution in [0.25, 0.3) is 0 Å². The third kappa shape index (κ3) is 5.00. The van der Waals surface area contributed by atoms with Crippen LogP contribution in [0.4, 0.5) is 0 Å². The molecule has 148 valence electrons. The van der Waals surface area contributed by atoms with E-state index in [1.165, 1.54) is 13.5 Å². The number of benzene rings is 1. The number of hydrogen-bond acceptors (Lipinski definition) is 4. The third-order valence-corrected chi connectivity index (χ3v) is 7.74. The molecule has 2 aliphatic rings. The fourth-order valence-electron chi connectivity index (χ4n) is 4.37. The summed E-state index contributed by atoms with van der Waals surface area (Å²) >= 11 is 3.34. The van der Waals surface area contributed by atoms with Crippen LogP contribution in [0.15, 0.2) is 45.8 Å². The molecule has 4 atom stereocenters. The summed E-state index contributed by atoms with van der Waals surface area (Å²) in [7, 11) is -2.13. The smallest absolute Gasteiger partial charge is 0.305 e. The summed E-state index contributed by atoms with van der Waals surface area (Å²) < 4.78 is 34.1. The highest BCUT2D eigenvalue weighted by atomic mass is 79.9. The minimum absolute atomic E-state index is 0.0470. The lowest BCUT2D eigenvalue weighted by atomic mass is 9.84. The molecule has 2 bridgehead atoms. The number of esters is 1. The lowest BCUT2D eigenvalue weighted by Crippen LogP contribution is -2.43. The van der Waals surface area contributed by atoms with Crippen LogP contribution >= 0.6 is 15.9 Å². The standard InChI is InChI=1S/C20H26BrNO4S/c1-26-19(23)6-4-2-3-5-18-14-7-8-15(13-14)20(18)22-27(24,25)17-11-9-16(21)10-12-17/h3,5,9-12,14-15,18,20,22H,2,4,6-8,13H2,1H3/t14-,15+,18+,20+/m1/s1. The Kier molecular flexibility index (Phi) is 6.76. The van der Waals surface area contributed by atoms with Gasteiger partial charge < -0.3 is 4.74 Å². The lowest BCUT2D eigenvalue weighted by Gasteiger charge is -2.29. The second-order valence-electron chi connectivity index (χ2n) is 7.41. The van der Waals surface area contributed by atoms with Gasteiger partial charge in [0.1, 0.15) is 0 Å². The summed E-state index contributed by atoms with van der Waals surface area (Å²) in [6, 6.07) is 6.69. The highest BCUT2D eigenvalue weighted by Gasteiger charge is 2.47. The van der Waals surface area contributed by atoms with Crippen LogP contribution in [0.2, 0.25) is 0 Å². The van der Waals surface area contributed by atoms with E-state index in [9.17, 15) is 13.2 Å². The highest BCUT2D eigenvalue weighted by molar-refractivity contribution is 9.10. The van der Waals surface area contributed by atoms with Gasteiger partial charge >= 0.3 is 5.97 Å². The van der Waals surface area contributed by atoms with Gasteiger partial charge in [-0.05, 0) is 74.1 Å². The van der Waals surface area contributed by atoms with E-state index in [0.29, 0.717) is 23.2 Å². The Morgan fingerprint density at radius 1 is 1.26 bits per heavy atom. The number of hydrogen-bond donors (Lipinski definition) is 1. The molecule has 0 spiro atoms. The minimum atomic E-state index is -3.53. The van der Waals surface area contributed by atoms with Crippen molar-refractivity contribution in [2.24, 2.45) is 17.8 Å². The molecule has 7 heteroatoms. The van der Waals surface area contributed by atoms with Gasteiger partial charge in [-0.3, -0.25) is 4.79 Å². The van der Waals surface area contributed by atoms with Gasteiger partial charge in [0.25, 0.3) is 0 Å². The van der Waals surface area contributed by atoms with Crippen molar-refractivity contribution < 1.29 is 17.9 Å². The first-order valence-corrected chi connectivity index (χ1v) is 11.7. The average molecular weight is 456 g/mol. The lowest BCUT2D eigenvalue weighted by molar-refractivity contribution is -0.140. The van der Waals surface area contributed by atoms with Crippen molar-refractivity contribution in [3.8, 4) is 0 Å². The molecule has 0 heterocycles. The Morgan fingerprint density at radius 3 is 2.67 bits per heavy atom. The predicted molar refractivity (Wildman–Crippen MR) is 108 cm³/mol. The zero-order valence-electron chi connectivity index (χ0n) is 15.4. The molecule has 2 saturated carbocycles. The molecule has 3 rings (SSSR count). The number of nitrogens with one attached hydrogen (secondary N) is 1. The Labute approximate surface area is 169 Å². The van der Waals surface area contributed by atoms with Crippen LogP contribution in [-0.2, 0) is 19.6 Å². The van der Waals surface area contributed by atoms with E-state index in [4.69, 9.17) is 0 Å². The maximum absolute atomic E-state index is 12.8. The molecule has 0 unspecified atom stereocenters. The number of carbonyl (C=O) groups is 1. The molecule has 1 aromatic carbocycles. The van der Waals surface area contributed by atoms with Crippen molar-refractivity contribution in [3.63, 3.8) is 0 Å². The summed E-state index contributed by atoms with van der Waals surface area (Å²) in [5.41, 5.74) is 0. The zero-order chi connectivity index (χ0) is 19.4. The van der Waals surface area contributed by atoms with Crippen LogP contribution in [0.5, 0.6) is 0 Å². The number of carbonyl (C=O) groups excluding carboxylic acids is 1. The molecule has 0 aromatic heterocycles. The van der Waals surface area contributed by atoms with Crippen molar-refractivity contribution in [3.05, 3.63) is 40.9 Å². The third-order valence-electron chi connectivity index (χ3n) is 5.73. The van der Waals surface area contributed by atoms with E-state index in [2.05, 4.69) is 37.5 Å². The fraction of sp³-hybridized carbons (Fsp3) is 0.550. The van der Waals surface area contributed by atoms with Gasteiger partial charge in [0.2, 0.25) is 10.0 Å². The van der Waals surface area contributed by atoms with E-state index in [1.54, 1.807) is 24.3 Å². The van der Waals surface area contributed by atoms with Crippen LogP contribution in [-0.4, -0.2) is 27.5 Å². The van der Waals surface area contributed by atoms with Gasteiger partial charge in [-0.1, -0.05) is 28.1 Å². The van der Waals surface area contributed by atoms with Gasteiger partial charge in [-0.2, -0.15) is 0 Å². The van der Waals surface area contributed by atoms with E-state index in [-0.39, 0.29) is 17.9 Å². The van der Waals surface area contributed by atoms with Gasteiger partial charge in [0.15, 0.2) is 0 Å². The molecule has 0 aliphatic heterocycles. The Balaban J connectivity index is 1.64. The van der Waals surface area contributed by atoms with Crippen molar-refractivity contribution in [2.75, 3.05) is 7.11 Å². The molecule has 1 N–H and O–H groups in total. The second-order valence-corrected chi connectivity index (χ2v) is 10.0. The molecule has 27 heavy (non-hydrogen) atoms. The Morgan fingerprint density at radius 2 is 1.96 bits per heavy atom. The topological polar surface area (TPSA) is 72.5 Å². The van der Waals surface area contributed by atoms with E-state index in [0.717, 1.165) is 30.2 Å². The summed E-state index contributed by atoms with van der Waals surface area (Å²) in [5, 5.41) is 0. The maximum atomic E-state index is 12.8. The summed E-state index contributed by atoms with van der Waals surface area (Å²) in [6.45, 7) is 0. The van der Waals surface area contributed by atoms with Crippen molar-refractivity contribution >= 4 is 31.9 Å². The normalized spacial score (nSPS) is 27.3. The highest BCUT2D eigenvalue weighted by Crippen LogP contribution is 2.49. The number of allylic oxidation sites excluding steroid dienone is 1. The van der Waals surface area contributed by atoms with E-state index >= 15 is 0 Å². The number of unbranched alkanes of at least 4 members (excludes halogenated alkanes) is 1. The molecule has 0 radical (unpaired) electrons. The number of sulfonamides is 1.